The Bertz CT molecular complexity index is 1370. The third-order valence-corrected chi connectivity index (χ3v) is 12.4. The Morgan fingerprint density at radius 3 is 2.17 bits per heavy atom. The summed E-state index contributed by atoms with van der Waals surface area (Å²) in [5.41, 5.74) is -1.47. The predicted octanol–water partition coefficient (Wildman–Crippen LogP) is 2.33. The normalized spacial score (nSPS) is 45.8. The third-order valence-electron chi connectivity index (χ3n) is 12.4. The molecule has 0 bridgehead atoms. The zero-order valence-corrected chi connectivity index (χ0v) is 37.0. The minimum Gasteiger partial charge on any atom is -0.462 e. The van der Waals surface area contributed by atoms with Crippen LogP contribution >= 0.6 is 0 Å². The van der Waals surface area contributed by atoms with Crippen molar-refractivity contribution >= 4 is 12.3 Å². The van der Waals surface area contributed by atoms with Crippen molar-refractivity contribution in [1.82, 2.24) is 9.80 Å². The van der Waals surface area contributed by atoms with Gasteiger partial charge in [0.15, 0.2) is 18.9 Å². The fourth-order valence-corrected chi connectivity index (χ4v) is 9.10. The lowest BCUT2D eigenvalue weighted by Gasteiger charge is -2.50. The smallest absolute Gasteiger partial charge is 0.308 e. The zero-order chi connectivity index (χ0) is 43.8. The van der Waals surface area contributed by atoms with E-state index in [4.69, 9.17) is 37.9 Å². The van der Waals surface area contributed by atoms with Gasteiger partial charge in [-0.3, -0.25) is 4.79 Å². The molecule has 16 heteroatoms. The van der Waals surface area contributed by atoms with Gasteiger partial charge in [0.25, 0.3) is 0 Å². The molecule has 59 heavy (non-hydrogen) atoms. The Balaban J connectivity index is 1.66. The number of carbonyl (C=O) groups excluding carboxylic acids is 2. The van der Waals surface area contributed by atoms with Crippen LogP contribution in [0.3, 0.4) is 0 Å². The largest absolute Gasteiger partial charge is 0.462 e. The molecule has 340 valence electrons. The number of rotatable bonds is 11. The summed E-state index contributed by atoms with van der Waals surface area (Å²) < 4.78 is 50.0. The van der Waals surface area contributed by atoms with Gasteiger partial charge in [0, 0.05) is 32.4 Å². The maximum atomic E-state index is 13.1. The van der Waals surface area contributed by atoms with E-state index in [0.717, 1.165) is 12.7 Å². The van der Waals surface area contributed by atoms with Gasteiger partial charge in [-0.1, -0.05) is 31.2 Å². The van der Waals surface area contributed by atoms with E-state index in [1.165, 1.54) is 14.0 Å². The van der Waals surface area contributed by atoms with Crippen LogP contribution in [0.2, 0.25) is 0 Å². The number of methoxy groups -OCH3 is 1. The number of aldehydes is 1. The van der Waals surface area contributed by atoms with E-state index in [1.54, 1.807) is 39.8 Å². The van der Waals surface area contributed by atoms with Crippen LogP contribution in [-0.4, -0.2) is 181 Å². The highest BCUT2D eigenvalue weighted by Gasteiger charge is 2.52. The Hall–Kier alpha value is -1.90. The minimum absolute atomic E-state index is 0.00885. The molecule has 3 fully saturated rings. The molecule has 16 nitrogen and oxygen atoms in total. The predicted molar refractivity (Wildman–Crippen MR) is 217 cm³/mol. The van der Waals surface area contributed by atoms with Crippen molar-refractivity contribution in [3.63, 3.8) is 0 Å². The molecule has 4 rings (SSSR count). The monoisotopic (exact) mass is 843 g/mol. The molecule has 0 spiro atoms. The van der Waals surface area contributed by atoms with Gasteiger partial charge in [-0.15, -0.1) is 0 Å². The second-order valence-corrected chi connectivity index (χ2v) is 17.8. The molecule has 0 aromatic rings. The first kappa shape index (κ1) is 49.8. The molecule has 0 aromatic carbocycles. The first-order chi connectivity index (χ1) is 27.8. The van der Waals surface area contributed by atoms with Crippen LogP contribution in [0.5, 0.6) is 0 Å². The molecule has 0 saturated carbocycles. The lowest BCUT2D eigenvalue weighted by molar-refractivity contribution is -0.344. The maximum Gasteiger partial charge on any atom is 0.308 e. The molecule has 19 atom stereocenters. The van der Waals surface area contributed by atoms with E-state index in [1.807, 2.05) is 52.2 Å². The summed E-state index contributed by atoms with van der Waals surface area (Å²) in [4.78, 5) is 29.5. The van der Waals surface area contributed by atoms with Crippen molar-refractivity contribution in [2.24, 2.45) is 11.8 Å². The summed E-state index contributed by atoms with van der Waals surface area (Å²) in [7, 11) is 9.03. The molecule has 0 aliphatic carbocycles. The Morgan fingerprint density at radius 1 is 0.864 bits per heavy atom. The summed E-state index contributed by atoms with van der Waals surface area (Å²) >= 11 is 0. The molecular weight excluding hydrogens is 768 g/mol. The van der Waals surface area contributed by atoms with Crippen LogP contribution in [0.25, 0.3) is 0 Å². The highest BCUT2D eigenvalue weighted by molar-refractivity contribution is 5.70. The van der Waals surface area contributed by atoms with Gasteiger partial charge >= 0.3 is 5.97 Å². The Labute approximate surface area is 351 Å². The number of aliphatic hydroxyl groups excluding tert-OH is 3. The number of aliphatic hydroxyl groups is 4. The van der Waals surface area contributed by atoms with Crippen LogP contribution in [0.4, 0.5) is 0 Å². The van der Waals surface area contributed by atoms with Gasteiger partial charge in [0.1, 0.15) is 36.8 Å². The number of hydrogen-bond acceptors (Lipinski definition) is 16. The van der Waals surface area contributed by atoms with Crippen LogP contribution in [0, 0.1) is 11.8 Å². The summed E-state index contributed by atoms with van der Waals surface area (Å²) in [6, 6.07) is -0.466. The standard InChI is InChI=1S/C43H74N2O14/c1-24-21-29(19-20-46)39(59-42-37(49)36(45(9)10)38(27(4)56-42)58-35-23-43(6,51)41(50)28(5)55-35)40(52-11)31(47)22-33(48)53-25(2)15-13-12-14-16-32(24)57-34-18-17-30(44(7)8)26(3)54-34/h12-14,16,20,24-32,34-42,47,49-51H,15,17-19,21-23H2,1-11H3/b13-12-,16-14+/t24-,25-,26?,27?,28?,29+,30?,31-,32+,34?,35?,36?,37?,38?,39+,40+,41?,42?,43?/m1/s1. The van der Waals surface area contributed by atoms with Gasteiger partial charge in [0.05, 0.1) is 54.7 Å². The fraction of sp³-hybridized carbons (Fsp3) is 0.860. The zero-order valence-electron chi connectivity index (χ0n) is 37.0. The Kier molecular flexibility index (Phi) is 18.9. The van der Waals surface area contributed by atoms with E-state index in [9.17, 15) is 30.0 Å². The topological polar surface area (TPSA) is 195 Å². The van der Waals surface area contributed by atoms with Crippen LogP contribution in [0.15, 0.2) is 24.3 Å². The van der Waals surface area contributed by atoms with E-state index in [2.05, 4.69) is 4.90 Å². The number of esters is 1. The van der Waals surface area contributed by atoms with Crippen molar-refractivity contribution in [1.29, 1.82) is 0 Å². The van der Waals surface area contributed by atoms with E-state index < -0.39 is 110 Å². The second kappa shape index (κ2) is 22.5. The van der Waals surface area contributed by atoms with Crippen LogP contribution in [-0.2, 0) is 47.5 Å². The molecule has 4 heterocycles. The average molecular weight is 843 g/mol. The number of ether oxygens (including phenoxy) is 8. The highest BCUT2D eigenvalue weighted by atomic mass is 16.7. The summed E-state index contributed by atoms with van der Waals surface area (Å²) in [6.07, 6.45) is -1.56. The van der Waals surface area contributed by atoms with Crippen molar-refractivity contribution in [3.8, 4) is 0 Å². The van der Waals surface area contributed by atoms with Crippen LogP contribution < -0.4 is 0 Å². The van der Waals surface area contributed by atoms with Gasteiger partial charge in [-0.25, -0.2) is 0 Å². The molecule has 12 unspecified atom stereocenters. The lowest BCUT2D eigenvalue weighted by Crippen LogP contribution is -2.65. The van der Waals surface area contributed by atoms with Crippen molar-refractivity contribution in [2.45, 2.75) is 190 Å². The molecule has 0 radical (unpaired) electrons. The number of likely N-dealkylation sites (N-methyl/N-ethyl adjacent to an activating group) is 2. The van der Waals surface area contributed by atoms with E-state index in [0.29, 0.717) is 19.3 Å². The van der Waals surface area contributed by atoms with Crippen LogP contribution in [0.1, 0.15) is 86.5 Å². The summed E-state index contributed by atoms with van der Waals surface area (Å²) in [5, 5.41) is 45.1. The number of carbonyl (C=O) groups is 2. The van der Waals surface area contributed by atoms with Crippen molar-refractivity contribution in [3.05, 3.63) is 24.3 Å². The molecular formula is C43H74N2O14. The summed E-state index contributed by atoms with van der Waals surface area (Å²) in [6.45, 7) is 10.8. The van der Waals surface area contributed by atoms with Gasteiger partial charge in [-0.05, 0) is 93.9 Å². The van der Waals surface area contributed by atoms with Gasteiger partial charge < -0.3 is 72.9 Å². The van der Waals surface area contributed by atoms with E-state index >= 15 is 0 Å². The highest BCUT2D eigenvalue weighted by Crippen LogP contribution is 2.37. The van der Waals surface area contributed by atoms with Gasteiger partial charge in [0.2, 0.25) is 0 Å². The maximum absolute atomic E-state index is 13.1. The number of nitrogens with zero attached hydrogens (tertiary/aromatic N) is 2. The summed E-state index contributed by atoms with van der Waals surface area (Å²) in [5.74, 6) is -1.47. The average Bonchev–Trinajstić information content (AvgIpc) is 3.13. The van der Waals surface area contributed by atoms with Gasteiger partial charge in [-0.2, -0.15) is 0 Å². The molecule has 3 saturated heterocycles. The Morgan fingerprint density at radius 2 is 1.56 bits per heavy atom. The number of cyclic esters (lactones) is 1. The molecule has 4 N–H and O–H groups in total. The molecule has 4 aliphatic rings. The fourth-order valence-electron chi connectivity index (χ4n) is 9.10. The molecule has 4 aliphatic heterocycles. The molecule has 0 amide bonds. The van der Waals surface area contributed by atoms with Crippen molar-refractivity contribution in [2.75, 3.05) is 35.3 Å². The first-order valence-electron chi connectivity index (χ1n) is 21.3. The second-order valence-electron chi connectivity index (χ2n) is 17.8. The SMILES string of the molecule is CO[C@@H]1[C@@H](OC2OC(C)C(OC3CC(C)(O)C(O)C(C)O3)C(N(C)C)C2O)[C@@H](CC=O)C[C@@H](C)[C@@H](OC2CCC(N(C)C)C(C)O2)/C=C/C=C\C[C@@H](C)OC(=O)C[C@H]1O. The quantitative estimate of drug-likeness (QED) is 0.175. The van der Waals surface area contributed by atoms with Crippen molar-refractivity contribution < 1.29 is 67.9 Å². The third kappa shape index (κ3) is 13.3. The first-order valence-corrected chi connectivity index (χ1v) is 21.3. The molecule has 0 aromatic heterocycles. The van der Waals surface area contributed by atoms with E-state index in [-0.39, 0.29) is 30.9 Å². The minimum atomic E-state index is -1.47. The number of allylic oxidation sites excluding steroid dienone is 2. The number of hydrogen-bond donors (Lipinski definition) is 4. The lowest BCUT2D eigenvalue weighted by atomic mass is 9.82.